The summed E-state index contributed by atoms with van der Waals surface area (Å²) in [5, 5.41) is 3.72. The normalized spacial score (nSPS) is 12.0. The van der Waals surface area contributed by atoms with Crippen LogP contribution < -0.4 is 5.32 Å². The first-order chi connectivity index (χ1) is 19.3. The molecule has 1 unspecified atom stereocenters. The largest absolute Gasteiger partial charge is 0.466 e. The third kappa shape index (κ3) is 8.58. The predicted molar refractivity (Wildman–Crippen MR) is 165 cm³/mol. The summed E-state index contributed by atoms with van der Waals surface area (Å²) >= 11 is 0. The van der Waals surface area contributed by atoms with Crippen molar-refractivity contribution in [2.24, 2.45) is 13.0 Å². The number of hydrogen-bond donors (Lipinski definition) is 1. The van der Waals surface area contributed by atoms with Gasteiger partial charge in [0.15, 0.2) is 5.78 Å². The van der Waals surface area contributed by atoms with Gasteiger partial charge in [-0.25, -0.2) is 0 Å². The molecule has 1 atom stereocenters. The molecule has 0 bridgehead atoms. The quantitative estimate of drug-likeness (QED) is 0.146. The van der Waals surface area contributed by atoms with E-state index >= 15 is 0 Å². The van der Waals surface area contributed by atoms with Crippen LogP contribution in [0.1, 0.15) is 111 Å². The summed E-state index contributed by atoms with van der Waals surface area (Å²) < 4.78 is 7.16. The highest BCUT2D eigenvalue weighted by Crippen LogP contribution is 2.27. The molecule has 0 saturated heterocycles. The van der Waals surface area contributed by atoms with Crippen molar-refractivity contribution in [3.8, 4) is 0 Å². The molecule has 216 valence electrons. The average molecular weight is 545 g/mol. The number of rotatable bonds is 16. The third-order valence-corrected chi connectivity index (χ3v) is 7.52. The molecular formula is C35H48N2O3. The van der Waals surface area contributed by atoms with E-state index in [2.05, 4.69) is 61.8 Å². The molecule has 40 heavy (non-hydrogen) atoms. The van der Waals surface area contributed by atoms with Gasteiger partial charge in [0.2, 0.25) is 0 Å². The van der Waals surface area contributed by atoms with Crippen molar-refractivity contribution in [2.75, 3.05) is 11.9 Å². The number of benzene rings is 2. The third-order valence-electron chi connectivity index (χ3n) is 7.52. The number of carbonyl (C=O) groups is 2. The molecule has 0 aliphatic heterocycles. The van der Waals surface area contributed by atoms with Crippen molar-refractivity contribution in [3.05, 3.63) is 88.2 Å². The minimum Gasteiger partial charge on any atom is -0.466 e. The number of aromatic nitrogens is 1. The Morgan fingerprint density at radius 2 is 1.65 bits per heavy atom. The molecule has 0 aliphatic carbocycles. The molecule has 0 aliphatic rings. The Morgan fingerprint density at radius 1 is 0.950 bits per heavy atom. The van der Waals surface area contributed by atoms with Gasteiger partial charge in [0.05, 0.1) is 12.6 Å². The van der Waals surface area contributed by atoms with Crippen molar-refractivity contribution in [1.82, 2.24) is 4.57 Å². The number of nitrogens with one attached hydrogen (secondary N) is 1. The van der Waals surface area contributed by atoms with Gasteiger partial charge in [0, 0.05) is 41.7 Å². The van der Waals surface area contributed by atoms with Crippen molar-refractivity contribution >= 4 is 17.4 Å². The first-order valence-electron chi connectivity index (χ1n) is 15.1. The molecule has 1 aromatic heterocycles. The highest BCUT2D eigenvalue weighted by atomic mass is 16.5. The minimum atomic E-state index is -0.169. The van der Waals surface area contributed by atoms with Crippen LogP contribution in [-0.4, -0.2) is 22.9 Å². The maximum absolute atomic E-state index is 13.6. The molecule has 1 N–H and O–H groups in total. The lowest BCUT2D eigenvalue weighted by atomic mass is 9.96. The summed E-state index contributed by atoms with van der Waals surface area (Å²) in [5.41, 5.74) is 7.23. The second-order valence-electron chi connectivity index (χ2n) is 11.2. The van der Waals surface area contributed by atoms with E-state index < -0.39 is 0 Å². The number of anilines is 1. The Morgan fingerprint density at radius 3 is 2.25 bits per heavy atom. The SMILES string of the molecule is CCCCC(Nc1ccc(C(=O)c2cc(CCCC(=O)OCC)n(C)c2CC)cc1)c1ccc(CC(C)C)cc1. The van der Waals surface area contributed by atoms with Gasteiger partial charge < -0.3 is 14.6 Å². The Labute approximate surface area is 241 Å². The van der Waals surface area contributed by atoms with E-state index in [0.717, 1.165) is 61.2 Å². The number of ketones is 1. The summed E-state index contributed by atoms with van der Waals surface area (Å²) in [5.74, 6) is 0.518. The number of ether oxygens (including phenoxy) is 1. The number of hydrogen-bond acceptors (Lipinski definition) is 4. The highest BCUT2D eigenvalue weighted by Gasteiger charge is 2.19. The van der Waals surface area contributed by atoms with Crippen LogP contribution in [0.5, 0.6) is 0 Å². The van der Waals surface area contributed by atoms with Gasteiger partial charge in [-0.2, -0.15) is 0 Å². The Hall–Kier alpha value is -3.34. The van der Waals surface area contributed by atoms with Crippen molar-refractivity contribution < 1.29 is 14.3 Å². The van der Waals surface area contributed by atoms with Gasteiger partial charge in [0.1, 0.15) is 0 Å². The van der Waals surface area contributed by atoms with E-state index in [9.17, 15) is 9.59 Å². The lowest BCUT2D eigenvalue weighted by Gasteiger charge is -2.21. The molecule has 0 amide bonds. The standard InChI is InChI=1S/C35H48N2O3/c1-7-10-13-32(27-17-15-26(16-18-27)23-25(4)5)36-29-21-19-28(20-22-29)35(39)31-24-30(37(6)33(31)8-2)12-11-14-34(38)40-9-3/h15-22,24-25,32,36H,7-14,23H2,1-6H3. The van der Waals surface area contributed by atoms with E-state index in [-0.39, 0.29) is 17.8 Å². The molecule has 5 heteroatoms. The van der Waals surface area contributed by atoms with E-state index in [1.807, 2.05) is 44.3 Å². The van der Waals surface area contributed by atoms with Gasteiger partial charge >= 0.3 is 5.97 Å². The van der Waals surface area contributed by atoms with E-state index in [1.165, 1.54) is 11.1 Å². The highest BCUT2D eigenvalue weighted by molar-refractivity contribution is 6.10. The van der Waals surface area contributed by atoms with Crippen LogP contribution in [0.15, 0.2) is 54.6 Å². The summed E-state index contributed by atoms with van der Waals surface area (Å²) in [7, 11) is 2.01. The molecule has 1 heterocycles. The fraction of sp³-hybridized carbons (Fsp3) is 0.486. The predicted octanol–water partition coefficient (Wildman–Crippen LogP) is 8.25. The fourth-order valence-corrected chi connectivity index (χ4v) is 5.37. The molecule has 3 rings (SSSR count). The van der Waals surface area contributed by atoms with Crippen LogP contribution in [0, 0.1) is 5.92 Å². The van der Waals surface area contributed by atoms with E-state index in [1.54, 1.807) is 0 Å². The Bertz CT molecular complexity index is 1220. The first kappa shape index (κ1) is 31.2. The van der Waals surface area contributed by atoms with Crippen LogP contribution in [-0.2, 0) is 35.8 Å². The topological polar surface area (TPSA) is 60.3 Å². The molecular weight excluding hydrogens is 496 g/mol. The smallest absolute Gasteiger partial charge is 0.305 e. The monoisotopic (exact) mass is 544 g/mol. The molecule has 0 saturated carbocycles. The maximum Gasteiger partial charge on any atom is 0.305 e. The number of nitrogens with zero attached hydrogens (tertiary/aromatic N) is 1. The van der Waals surface area contributed by atoms with Crippen molar-refractivity contribution in [3.63, 3.8) is 0 Å². The summed E-state index contributed by atoms with van der Waals surface area (Å²) in [6.07, 6.45) is 7.05. The number of unbranched alkanes of at least 4 members (excludes halogenated alkanes) is 1. The fourth-order valence-electron chi connectivity index (χ4n) is 5.37. The van der Waals surface area contributed by atoms with Gasteiger partial charge in [-0.3, -0.25) is 9.59 Å². The Kier molecular flexibility index (Phi) is 12.0. The average Bonchev–Trinajstić information content (AvgIpc) is 3.26. The van der Waals surface area contributed by atoms with Gasteiger partial charge in [-0.15, -0.1) is 0 Å². The van der Waals surface area contributed by atoms with Crippen LogP contribution in [0.25, 0.3) is 0 Å². The van der Waals surface area contributed by atoms with Crippen LogP contribution in [0.4, 0.5) is 5.69 Å². The van der Waals surface area contributed by atoms with Crippen LogP contribution in [0.2, 0.25) is 0 Å². The van der Waals surface area contributed by atoms with E-state index in [0.29, 0.717) is 30.9 Å². The lowest BCUT2D eigenvalue weighted by molar-refractivity contribution is -0.143. The van der Waals surface area contributed by atoms with Crippen LogP contribution in [0.3, 0.4) is 0 Å². The maximum atomic E-state index is 13.6. The zero-order valence-corrected chi connectivity index (χ0v) is 25.4. The van der Waals surface area contributed by atoms with Crippen LogP contribution >= 0.6 is 0 Å². The van der Waals surface area contributed by atoms with Crippen molar-refractivity contribution in [2.45, 2.75) is 92.0 Å². The van der Waals surface area contributed by atoms with Gasteiger partial charge in [-0.05, 0) is 86.4 Å². The number of carbonyl (C=O) groups excluding carboxylic acids is 2. The van der Waals surface area contributed by atoms with Gasteiger partial charge in [-0.1, -0.05) is 64.8 Å². The first-order valence-corrected chi connectivity index (χ1v) is 15.1. The lowest BCUT2D eigenvalue weighted by Crippen LogP contribution is -2.11. The number of aryl methyl sites for hydroxylation is 1. The summed E-state index contributed by atoms with van der Waals surface area (Å²) in [4.78, 5) is 25.3. The second kappa shape index (κ2) is 15.4. The zero-order valence-electron chi connectivity index (χ0n) is 25.4. The van der Waals surface area contributed by atoms with Crippen molar-refractivity contribution in [1.29, 1.82) is 0 Å². The summed E-state index contributed by atoms with van der Waals surface area (Å²) in [6, 6.07) is 19.2. The van der Waals surface area contributed by atoms with Gasteiger partial charge in [0.25, 0.3) is 0 Å². The minimum absolute atomic E-state index is 0.0407. The second-order valence-corrected chi connectivity index (χ2v) is 11.2. The Balaban J connectivity index is 1.72. The molecule has 2 aromatic carbocycles. The molecule has 5 nitrogen and oxygen atoms in total. The molecule has 3 aromatic rings. The number of esters is 1. The molecule has 0 radical (unpaired) electrons. The molecule has 0 fully saturated rings. The zero-order chi connectivity index (χ0) is 29.1. The molecule has 0 spiro atoms. The van der Waals surface area contributed by atoms with E-state index in [4.69, 9.17) is 4.74 Å². The summed E-state index contributed by atoms with van der Waals surface area (Å²) in [6.45, 7) is 11.0.